The van der Waals surface area contributed by atoms with Gasteiger partial charge in [0, 0.05) is 22.3 Å². The van der Waals surface area contributed by atoms with E-state index < -0.39 is 0 Å². The fourth-order valence-electron chi connectivity index (χ4n) is 1.48. The van der Waals surface area contributed by atoms with Gasteiger partial charge in [0.15, 0.2) is 4.34 Å². The molecule has 2 rings (SSSR count). The topological polar surface area (TPSA) is 37.8 Å². The normalized spacial score (nSPS) is 10.8. The number of aryl methyl sites for hydroxylation is 1. The van der Waals surface area contributed by atoms with E-state index in [-0.39, 0.29) is 0 Å². The Labute approximate surface area is 124 Å². The summed E-state index contributed by atoms with van der Waals surface area (Å²) >= 11 is 6.66. The van der Waals surface area contributed by atoms with E-state index in [1.54, 1.807) is 11.8 Å². The summed E-state index contributed by atoms with van der Waals surface area (Å²) in [5.74, 6) is 0.924. The van der Waals surface area contributed by atoms with Crippen LogP contribution >= 0.6 is 39.2 Å². The maximum atomic E-state index is 4.49. The SMILES string of the molecule is CCc1nsc(Sc2cc(Br)ccc2CNC)n1. The van der Waals surface area contributed by atoms with Gasteiger partial charge in [0.1, 0.15) is 5.82 Å². The van der Waals surface area contributed by atoms with Crippen LogP contribution in [0.1, 0.15) is 18.3 Å². The molecule has 3 nitrogen and oxygen atoms in total. The molecule has 1 heterocycles. The van der Waals surface area contributed by atoms with Gasteiger partial charge < -0.3 is 5.32 Å². The van der Waals surface area contributed by atoms with E-state index in [0.717, 1.165) is 27.6 Å². The van der Waals surface area contributed by atoms with Crippen LogP contribution in [0, 0.1) is 0 Å². The number of nitrogens with zero attached hydrogens (tertiary/aromatic N) is 2. The van der Waals surface area contributed by atoms with Crippen LogP contribution in [0.5, 0.6) is 0 Å². The van der Waals surface area contributed by atoms with Gasteiger partial charge in [-0.2, -0.15) is 4.37 Å². The van der Waals surface area contributed by atoms with Crippen molar-refractivity contribution in [2.75, 3.05) is 7.05 Å². The number of hydrogen-bond acceptors (Lipinski definition) is 5. The van der Waals surface area contributed by atoms with Crippen LogP contribution in [0.4, 0.5) is 0 Å². The fraction of sp³-hybridized carbons (Fsp3) is 0.333. The first kappa shape index (κ1) is 14.0. The van der Waals surface area contributed by atoms with Gasteiger partial charge in [0.25, 0.3) is 0 Å². The first-order chi connectivity index (χ1) is 8.72. The Bertz CT molecular complexity index is 528. The average molecular weight is 344 g/mol. The Hall–Kier alpha value is -0.430. The highest BCUT2D eigenvalue weighted by Crippen LogP contribution is 2.33. The Balaban J connectivity index is 2.23. The molecule has 0 fully saturated rings. The lowest BCUT2D eigenvalue weighted by atomic mass is 10.2. The van der Waals surface area contributed by atoms with Crippen molar-refractivity contribution in [3.05, 3.63) is 34.1 Å². The van der Waals surface area contributed by atoms with Crippen molar-refractivity contribution in [1.29, 1.82) is 0 Å². The van der Waals surface area contributed by atoms with E-state index in [9.17, 15) is 0 Å². The van der Waals surface area contributed by atoms with E-state index in [1.807, 2.05) is 7.05 Å². The number of benzene rings is 1. The zero-order valence-corrected chi connectivity index (χ0v) is 13.5. The number of halogens is 1. The molecule has 2 aromatic rings. The van der Waals surface area contributed by atoms with Crippen LogP contribution in [0.25, 0.3) is 0 Å². The summed E-state index contributed by atoms with van der Waals surface area (Å²) in [5.41, 5.74) is 1.28. The zero-order chi connectivity index (χ0) is 13.0. The van der Waals surface area contributed by atoms with Gasteiger partial charge in [-0.3, -0.25) is 0 Å². The predicted molar refractivity (Wildman–Crippen MR) is 80.3 cm³/mol. The van der Waals surface area contributed by atoms with Crippen LogP contribution in [-0.2, 0) is 13.0 Å². The molecule has 0 bridgehead atoms. The molecule has 0 radical (unpaired) electrons. The minimum absolute atomic E-state index is 0.856. The molecule has 0 amide bonds. The van der Waals surface area contributed by atoms with E-state index in [4.69, 9.17) is 0 Å². The van der Waals surface area contributed by atoms with Crippen molar-refractivity contribution in [3.8, 4) is 0 Å². The number of nitrogens with one attached hydrogen (secondary N) is 1. The van der Waals surface area contributed by atoms with Crippen LogP contribution < -0.4 is 5.32 Å². The maximum Gasteiger partial charge on any atom is 0.174 e. The molecule has 0 aliphatic rings. The molecule has 0 aliphatic heterocycles. The lowest BCUT2D eigenvalue weighted by molar-refractivity contribution is 0.803. The Morgan fingerprint density at radius 1 is 1.44 bits per heavy atom. The number of rotatable bonds is 5. The smallest absolute Gasteiger partial charge is 0.174 e. The van der Waals surface area contributed by atoms with Gasteiger partial charge in [-0.25, -0.2) is 4.98 Å². The third-order valence-electron chi connectivity index (χ3n) is 2.36. The quantitative estimate of drug-likeness (QED) is 0.897. The Morgan fingerprint density at radius 2 is 2.28 bits per heavy atom. The number of hydrogen-bond donors (Lipinski definition) is 1. The molecule has 0 saturated heterocycles. The van der Waals surface area contributed by atoms with Gasteiger partial charge in [-0.05, 0) is 36.3 Å². The van der Waals surface area contributed by atoms with E-state index in [0.29, 0.717) is 0 Å². The van der Waals surface area contributed by atoms with Crippen LogP contribution in [0.3, 0.4) is 0 Å². The molecule has 1 aromatic carbocycles. The summed E-state index contributed by atoms with van der Waals surface area (Å²) in [6, 6.07) is 6.32. The molecule has 18 heavy (non-hydrogen) atoms. The van der Waals surface area contributed by atoms with Crippen LogP contribution in [-0.4, -0.2) is 16.4 Å². The van der Waals surface area contributed by atoms with Crippen LogP contribution in [0.2, 0.25) is 0 Å². The highest BCUT2D eigenvalue weighted by molar-refractivity contribution is 9.10. The van der Waals surface area contributed by atoms with Crippen molar-refractivity contribution in [2.45, 2.75) is 29.1 Å². The minimum Gasteiger partial charge on any atom is -0.316 e. The van der Waals surface area contributed by atoms with Crippen molar-refractivity contribution in [1.82, 2.24) is 14.7 Å². The van der Waals surface area contributed by atoms with Gasteiger partial charge in [-0.15, -0.1) is 0 Å². The van der Waals surface area contributed by atoms with E-state index in [2.05, 4.69) is 55.7 Å². The Kier molecular flexibility index (Phi) is 5.17. The Morgan fingerprint density at radius 3 is 2.94 bits per heavy atom. The molecule has 0 aliphatic carbocycles. The van der Waals surface area contributed by atoms with Crippen molar-refractivity contribution in [2.24, 2.45) is 0 Å². The summed E-state index contributed by atoms with van der Waals surface area (Å²) in [6.07, 6.45) is 0.888. The summed E-state index contributed by atoms with van der Waals surface area (Å²) in [4.78, 5) is 5.71. The summed E-state index contributed by atoms with van der Waals surface area (Å²) in [5, 5.41) is 3.18. The molecule has 1 N–H and O–H groups in total. The molecular formula is C12H14BrN3S2. The maximum absolute atomic E-state index is 4.49. The summed E-state index contributed by atoms with van der Waals surface area (Å²) < 4.78 is 6.40. The van der Waals surface area contributed by atoms with Gasteiger partial charge in [0.2, 0.25) is 0 Å². The molecule has 0 unspecified atom stereocenters. The number of aromatic nitrogens is 2. The monoisotopic (exact) mass is 343 g/mol. The molecule has 96 valence electrons. The minimum atomic E-state index is 0.856. The van der Waals surface area contributed by atoms with Crippen LogP contribution in [0.15, 0.2) is 31.9 Å². The van der Waals surface area contributed by atoms with Gasteiger partial charge >= 0.3 is 0 Å². The second kappa shape index (κ2) is 6.65. The lowest BCUT2D eigenvalue weighted by Crippen LogP contribution is -2.05. The first-order valence-corrected chi connectivity index (χ1v) is 8.04. The van der Waals surface area contributed by atoms with Crippen molar-refractivity contribution >= 4 is 39.2 Å². The summed E-state index contributed by atoms with van der Waals surface area (Å²) in [7, 11) is 1.95. The second-order valence-electron chi connectivity index (χ2n) is 3.71. The van der Waals surface area contributed by atoms with Gasteiger partial charge in [0.05, 0.1) is 0 Å². The zero-order valence-electron chi connectivity index (χ0n) is 10.2. The van der Waals surface area contributed by atoms with Crippen molar-refractivity contribution < 1.29 is 0 Å². The summed E-state index contributed by atoms with van der Waals surface area (Å²) in [6.45, 7) is 2.93. The molecule has 0 spiro atoms. The second-order valence-corrected chi connectivity index (χ2v) is 6.67. The highest BCUT2D eigenvalue weighted by Gasteiger charge is 2.09. The first-order valence-electron chi connectivity index (χ1n) is 5.66. The molecular weight excluding hydrogens is 330 g/mol. The lowest BCUT2D eigenvalue weighted by Gasteiger charge is -2.07. The molecule has 0 atom stereocenters. The molecule has 6 heteroatoms. The largest absolute Gasteiger partial charge is 0.316 e. The van der Waals surface area contributed by atoms with E-state index in [1.165, 1.54) is 22.0 Å². The highest BCUT2D eigenvalue weighted by atomic mass is 79.9. The fourth-order valence-corrected chi connectivity index (χ4v) is 3.82. The van der Waals surface area contributed by atoms with Gasteiger partial charge in [-0.1, -0.05) is 40.7 Å². The van der Waals surface area contributed by atoms with Crippen molar-refractivity contribution in [3.63, 3.8) is 0 Å². The molecule has 0 saturated carbocycles. The molecule has 1 aromatic heterocycles. The third kappa shape index (κ3) is 3.54. The standard InChI is InChI=1S/C12H14BrN3S2/c1-3-11-15-12(18-16-11)17-10-6-9(13)5-4-8(10)7-14-2/h4-6,14H,3,7H2,1-2H3. The average Bonchev–Trinajstić information content (AvgIpc) is 2.80. The predicted octanol–water partition coefficient (Wildman–Crippen LogP) is 3.73. The van der Waals surface area contributed by atoms with E-state index >= 15 is 0 Å². The third-order valence-corrected chi connectivity index (χ3v) is 4.74.